The van der Waals surface area contributed by atoms with E-state index >= 15 is 0 Å². The Balaban J connectivity index is 1.70. The third-order valence-electron chi connectivity index (χ3n) is 4.47. The Hall–Kier alpha value is -2.37. The van der Waals surface area contributed by atoms with Crippen LogP contribution in [0.2, 0.25) is 0 Å². The van der Waals surface area contributed by atoms with Gasteiger partial charge in [-0.15, -0.1) is 0 Å². The number of carbonyl (C=O) groups excluding carboxylic acids is 3. The standard InChI is InChI=1S/C20H29N3O3/c1-20(2,3)19(26)21-11-7-10-17(24)22-12-14-23(15-13-22)18(25)16-8-5-4-6-9-16/h4-6,8-9H,7,10-15H2,1-3H3,(H,21,26). The van der Waals surface area contributed by atoms with E-state index in [9.17, 15) is 14.4 Å². The summed E-state index contributed by atoms with van der Waals surface area (Å²) in [5.74, 6) is 0.0994. The van der Waals surface area contributed by atoms with Gasteiger partial charge in [-0.3, -0.25) is 14.4 Å². The summed E-state index contributed by atoms with van der Waals surface area (Å²) in [6.45, 7) is 8.34. The molecule has 1 saturated heterocycles. The van der Waals surface area contributed by atoms with Crippen molar-refractivity contribution >= 4 is 17.7 Å². The van der Waals surface area contributed by atoms with Gasteiger partial charge in [-0.2, -0.15) is 0 Å². The van der Waals surface area contributed by atoms with E-state index in [1.54, 1.807) is 9.80 Å². The number of hydrogen-bond acceptors (Lipinski definition) is 3. The quantitative estimate of drug-likeness (QED) is 0.817. The molecule has 0 unspecified atom stereocenters. The van der Waals surface area contributed by atoms with Gasteiger partial charge >= 0.3 is 0 Å². The van der Waals surface area contributed by atoms with Crippen molar-refractivity contribution < 1.29 is 14.4 Å². The minimum Gasteiger partial charge on any atom is -0.356 e. The van der Waals surface area contributed by atoms with Crippen molar-refractivity contribution in [2.24, 2.45) is 5.41 Å². The van der Waals surface area contributed by atoms with Crippen LogP contribution in [0.15, 0.2) is 30.3 Å². The summed E-state index contributed by atoms with van der Waals surface area (Å²) in [5, 5.41) is 2.86. The minimum absolute atomic E-state index is 0.00186. The highest BCUT2D eigenvalue weighted by Crippen LogP contribution is 2.13. The van der Waals surface area contributed by atoms with Crippen molar-refractivity contribution in [2.75, 3.05) is 32.7 Å². The Morgan fingerprint density at radius 1 is 0.962 bits per heavy atom. The van der Waals surface area contributed by atoms with Crippen molar-refractivity contribution in [1.29, 1.82) is 0 Å². The zero-order valence-corrected chi connectivity index (χ0v) is 16.0. The highest BCUT2D eigenvalue weighted by atomic mass is 16.2. The fourth-order valence-electron chi connectivity index (χ4n) is 2.79. The Kier molecular flexibility index (Phi) is 6.77. The normalized spacial score (nSPS) is 14.9. The summed E-state index contributed by atoms with van der Waals surface area (Å²) in [6, 6.07) is 9.21. The molecular weight excluding hydrogens is 330 g/mol. The van der Waals surface area contributed by atoms with E-state index in [0.717, 1.165) is 0 Å². The van der Waals surface area contributed by atoms with Gasteiger partial charge in [0.2, 0.25) is 11.8 Å². The Bertz CT molecular complexity index is 629. The van der Waals surface area contributed by atoms with Crippen molar-refractivity contribution in [3.8, 4) is 0 Å². The lowest BCUT2D eigenvalue weighted by atomic mass is 9.96. The Morgan fingerprint density at radius 2 is 1.54 bits per heavy atom. The van der Waals surface area contributed by atoms with E-state index < -0.39 is 5.41 Å². The van der Waals surface area contributed by atoms with Gasteiger partial charge in [0.05, 0.1) is 0 Å². The molecule has 1 fully saturated rings. The molecule has 1 aliphatic rings. The van der Waals surface area contributed by atoms with Crippen LogP contribution in [0.1, 0.15) is 44.0 Å². The van der Waals surface area contributed by atoms with Crippen LogP contribution in [0, 0.1) is 5.41 Å². The Labute approximate surface area is 155 Å². The second kappa shape index (κ2) is 8.83. The fourth-order valence-corrected chi connectivity index (χ4v) is 2.79. The summed E-state index contributed by atoms with van der Waals surface area (Å²) in [4.78, 5) is 40.1. The lowest BCUT2D eigenvalue weighted by Crippen LogP contribution is -2.50. The fraction of sp³-hybridized carbons (Fsp3) is 0.550. The van der Waals surface area contributed by atoms with Crippen molar-refractivity contribution in [1.82, 2.24) is 15.1 Å². The molecule has 0 spiro atoms. The van der Waals surface area contributed by atoms with Gasteiger partial charge in [0.25, 0.3) is 5.91 Å². The number of carbonyl (C=O) groups is 3. The average Bonchev–Trinajstić information content (AvgIpc) is 2.64. The van der Waals surface area contributed by atoms with Crippen LogP contribution < -0.4 is 5.32 Å². The number of rotatable bonds is 5. The largest absolute Gasteiger partial charge is 0.356 e. The first-order valence-corrected chi connectivity index (χ1v) is 9.19. The molecule has 0 saturated carbocycles. The lowest BCUT2D eigenvalue weighted by molar-refractivity contribution is -0.133. The Morgan fingerprint density at radius 3 is 2.12 bits per heavy atom. The minimum atomic E-state index is -0.411. The summed E-state index contributed by atoms with van der Waals surface area (Å²) < 4.78 is 0. The molecule has 0 aromatic heterocycles. The molecule has 1 N–H and O–H groups in total. The van der Waals surface area contributed by atoms with Gasteiger partial charge in [-0.05, 0) is 18.6 Å². The molecule has 1 heterocycles. The number of benzene rings is 1. The number of nitrogens with zero attached hydrogens (tertiary/aromatic N) is 2. The van der Waals surface area contributed by atoms with Gasteiger partial charge < -0.3 is 15.1 Å². The van der Waals surface area contributed by atoms with Gasteiger partial charge in [0.15, 0.2) is 0 Å². The summed E-state index contributed by atoms with van der Waals surface area (Å²) >= 11 is 0. The van der Waals surface area contributed by atoms with E-state index in [1.165, 1.54) is 0 Å². The topological polar surface area (TPSA) is 69.7 Å². The molecule has 6 heteroatoms. The first-order chi connectivity index (χ1) is 12.3. The SMILES string of the molecule is CC(C)(C)C(=O)NCCCC(=O)N1CCN(C(=O)c2ccccc2)CC1. The molecule has 0 atom stereocenters. The van der Waals surface area contributed by atoms with Crippen molar-refractivity contribution in [3.63, 3.8) is 0 Å². The molecule has 1 aromatic carbocycles. The molecule has 0 bridgehead atoms. The molecule has 26 heavy (non-hydrogen) atoms. The molecule has 0 aliphatic carbocycles. The van der Waals surface area contributed by atoms with Gasteiger partial charge in [-0.25, -0.2) is 0 Å². The monoisotopic (exact) mass is 359 g/mol. The predicted molar refractivity (Wildman–Crippen MR) is 101 cm³/mol. The number of amides is 3. The van der Waals surface area contributed by atoms with E-state index in [-0.39, 0.29) is 17.7 Å². The summed E-state index contributed by atoms with van der Waals surface area (Å²) in [6.07, 6.45) is 1.04. The van der Waals surface area contributed by atoms with Gasteiger partial charge in [0.1, 0.15) is 0 Å². The van der Waals surface area contributed by atoms with E-state index in [1.807, 2.05) is 51.1 Å². The maximum Gasteiger partial charge on any atom is 0.253 e. The zero-order valence-electron chi connectivity index (χ0n) is 16.0. The highest BCUT2D eigenvalue weighted by molar-refractivity contribution is 5.94. The zero-order chi connectivity index (χ0) is 19.2. The maximum absolute atomic E-state index is 12.4. The van der Waals surface area contributed by atoms with Crippen molar-refractivity contribution in [3.05, 3.63) is 35.9 Å². The second-order valence-corrected chi connectivity index (χ2v) is 7.65. The van der Waals surface area contributed by atoms with Crippen LogP contribution in [0.25, 0.3) is 0 Å². The third-order valence-corrected chi connectivity index (χ3v) is 4.47. The van der Waals surface area contributed by atoms with Crippen LogP contribution >= 0.6 is 0 Å². The number of piperazine rings is 1. The third kappa shape index (κ3) is 5.58. The van der Waals surface area contributed by atoms with Crippen LogP contribution in [0.3, 0.4) is 0 Å². The van der Waals surface area contributed by atoms with Crippen LogP contribution in [-0.4, -0.2) is 60.2 Å². The maximum atomic E-state index is 12.4. The molecule has 2 rings (SSSR count). The van der Waals surface area contributed by atoms with Crippen molar-refractivity contribution in [2.45, 2.75) is 33.6 Å². The van der Waals surface area contributed by atoms with E-state index in [2.05, 4.69) is 5.32 Å². The smallest absolute Gasteiger partial charge is 0.253 e. The lowest BCUT2D eigenvalue weighted by Gasteiger charge is -2.35. The van der Waals surface area contributed by atoms with Gasteiger partial charge in [0, 0.05) is 50.1 Å². The first-order valence-electron chi connectivity index (χ1n) is 9.19. The number of hydrogen-bond donors (Lipinski definition) is 1. The molecule has 6 nitrogen and oxygen atoms in total. The van der Waals surface area contributed by atoms with E-state index in [4.69, 9.17) is 0 Å². The molecule has 0 radical (unpaired) electrons. The van der Waals surface area contributed by atoms with Crippen LogP contribution in [-0.2, 0) is 9.59 Å². The predicted octanol–water partition coefficient (Wildman–Crippen LogP) is 1.91. The summed E-state index contributed by atoms with van der Waals surface area (Å²) in [5.41, 5.74) is 0.271. The van der Waals surface area contributed by atoms with Gasteiger partial charge in [-0.1, -0.05) is 39.0 Å². The first kappa shape index (κ1) is 19.9. The number of nitrogens with one attached hydrogen (secondary N) is 1. The highest BCUT2D eigenvalue weighted by Gasteiger charge is 2.25. The van der Waals surface area contributed by atoms with Crippen LogP contribution in [0.5, 0.6) is 0 Å². The molecule has 3 amide bonds. The second-order valence-electron chi connectivity index (χ2n) is 7.65. The molecule has 1 aromatic rings. The van der Waals surface area contributed by atoms with E-state index in [0.29, 0.717) is 51.1 Å². The molecule has 142 valence electrons. The molecular formula is C20H29N3O3. The summed E-state index contributed by atoms with van der Waals surface area (Å²) in [7, 11) is 0. The van der Waals surface area contributed by atoms with Crippen LogP contribution in [0.4, 0.5) is 0 Å². The average molecular weight is 359 g/mol. The molecule has 1 aliphatic heterocycles.